The van der Waals surface area contributed by atoms with Crippen LogP contribution in [0, 0.1) is 0 Å². The van der Waals surface area contributed by atoms with Crippen LogP contribution in [-0.2, 0) is 16.2 Å². The number of aliphatic carboxylic acids is 2. The largest absolute Gasteiger partial charge is 0.497 e. The van der Waals surface area contributed by atoms with E-state index < -0.39 is 36.0 Å². The minimum atomic E-state index is -1.03. The predicted molar refractivity (Wildman–Crippen MR) is 219 cm³/mol. The second kappa shape index (κ2) is 18.9. The van der Waals surface area contributed by atoms with Gasteiger partial charge in [-0.05, 0) is 90.9 Å². The molecule has 5 aromatic carbocycles. The van der Waals surface area contributed by atoms with Crippen molar-refractivity contribution in [1.29, 1.82) is 0 Å². The Labute approximate surface area is 346 Å². The lowest BCUT2D eigenvalue weighted by molar-refractivity contribution is -0.142. The van der Waals surface area contributed by atoms with Gasteiger partial charge in [-0.15, -0.1) is 0 Å². The van der Waals surface area contributed by atoms with Crippen molar-refractivity contribution in [3.8, 4) is 17.2 Å². The van der Waals surface area contributed by atoms with Crippen molar-refractivity contribution in [2.75, 3.05) is 14.2 Å². The summed E-state index contributed by atoms with van der Waals surface area (Å²) in [5.74, 6) is -1.07. The number of nitrogens with zero attached hydrogens (tertiary/aromatic N) is 2. The molecule has 0 spiro atoms. The predicted octanol–water partition coefficient (Wildman–Crippen LogP) is 9.14. The summed E-state index contributed by atoms with van der Waals surface area (Å²) in [5.41, 5.74) is 3.17. The molecule has 13 heteroatoms. The van der Waals surface area contributed by atoms with Gasteiger partial charge in [0.15, 0.2) is 0 Å². The van der Waals surface area contributed by atoms with Crippen molar-refractivity contribution < 1.29 is 43.6 Å². The van der Waals surface area contributed by atoms with Crippen LogP contribution in [0.5, 0.6) is 17.2 Å². The van der Waals surface area contributed by atoms with Gasteiger partial charge < -0.3 is 34.2 Å². The van der Waals surface area contributed by atoms with Crippen molar-refractivity contribution >= 4 is 47.0 Å². The summed E-state index contributed by atoms with van der Waals surface area (Å²) in [7, 11) is 2.98. The smallest absolute Gasteiger partial charge is 0.326 e. The molecule has 11 nitrogen and oxygen atoms in total. The second-order valence-corrected chi connectivity index (χ2v) is 14.6. The molecule has 58 heavy (non-hydrogen) atoms. The molecular weight excluding hydrogens is 783 g/mol. The molecule has 0 aliphatic carbocycles. The van der Waals surface area contributed by atoms with Gasteiger partial charge in [-0.1, -0.05) is 89.9 Å². The van der Waals surface area contributed by atoms with E-state index in [1.165, 1.54) is 24.0 Å². The number of amides is 2. The molecule has 2 aliphatic rings. The second-order valence-electron chi connectivity index (χ2n) is 13.8. The summed E-state index contributed by atoms with van der Waals surface area (Å²) in [5, 5.41) is 20.4. The van der Waals surface area contributed by atoms with Crippen LogP contribution in [0.4, 0.5) is 0 Å². The molecule has 2 N–H and O–H groups in total. The Morgan fingerprint density at radius 1 is 0.569 bits per heavy atom. The van der Waals surface area contributed by atoms with E-state index in [0.717, 1.165) is 22.4 Å². The maximum absolute atomic E-state index is 13.3. The van der Waals surface area contributed by atoms with Gasteiger partial charge >= 0.3 is 11.9 Å². The number of methoxy groups -OCH3 is 2. The van der Waals surface area contributed by atoms with E-state index in [-0.39, 0.29) is 11.9 Å². The SMILES string of the molecule is COc1cc(OC)cc(C(=O)N2C(C(=O)O)CCC2c2ccccc2Cl)c1.O=C(O)[C@@H]1CC[C@H](c2ccccc2Cl)N1C(=O)c1ccc(COc2ccccc2)cc1. The van der Waals surface area contributed by atoms with Crippen LogP contribution in [0.1, 0.15) is 75.2 Å². The van der Waals surface area contributed by atoms with Gasteiger partial charge in [0.1, 0.15) is 35.9 Å². The number of likely N-dealkylation sites (tertiary alicyclic amines) is 2. The lowest BCUT2D eigenvalue weighted by atomic mass is 10.0. The number of halogens is 2. The molecule has 2 amide bonds. The Kier molecular flexibility index (Phi) is 13.6. The summed E-state index contributed by atoms with van der Waals surface area (Å²) in [6.07, 6.45) is 1.82. The summed E-state index contributed by atoms with van der Waals surface area (Å²) < 4.78 is 16.2. The molecule has 2 aliphatic heterocycles. The minimum absolute atomic E-state index is 0.302. The molecule has 0 saturated carbocycles. The van der Waals surface area contributed by atoms with Gasteiger partial charge in [0.25, 0.3) is 11.8 Å². The Morgan fingerprint density at radius 3 is 1.47 bits per heavy atom. The van der Waals surface area contributed by atoms with Gasteiger partial charge in [-0.2, -0.15) is 0 Å². The van der Waals surface area contributed by atoms with Gasteiger partial charge in [0.05, 0.1) is 26.3 Å². The minimum Gasteiger partial charge on any atom is -0.497 e. The maximum Gasteiger partial charge on any atom is 0.326 e. The first-order valence-corrected chi connectivity index (χ1v) is 19.4. The summed E-state index contributed by atoms with van der Waals surface area (Å²) >= 11 is 12.7. The first-order chi connectivity index (χ1) is 28.0. The standard InChI is InChI=1S/C25H22ClNO4.C20H20ClNO5/c26-21-9-5-4-8-20(21)22-14-15-23(25(29)30)27(22)24(28)18-12-10-17(11-13-18)16-31-19-6-2-1-3-7-19;1-26-13-9-12(10-14(11-13)27-2)19(23)22-17(7-8-18(22)20(24)25)15-5-3-4-6-16(15)21/h1-13,22-23H,14-16H2,(H,29,30);3-6,9-11,17-18H,7-8H2,1-2H3,(H,24,25)/t22-,23+;/m1./s1. The molecule has 2 heterocycles. The molecule has 300 valence electrons. The van der Waals surface area contributed by atoms with Crippen molar-refractivity contribution in [2.45, 2.75) is 56.5 Å². The van der Waals surface area contributed by atoms with Crippen molar-refractivity contribution in [1.82, 2.24) is 9.80 Å². The zero-order valence-electron chi connectivity index (χ0n) is 31.8. The number of hydrogen-bond acceptors (Lipinski definition) is 7. The molecule has 7 rings (SSSR count). The zero-order chi connectivity index (χ0) is 41.3. The average molecular weight is 826 g/mol. The van der Waals surface area contributed by atoms with Crippen molar-refractivity contribution in [2.24, 2.45) is 0 Å². The highest BCUT2D eigenvalue weighted by Gasteiger charge is 2.44. The third-order valence-corrected chi connectivity index (χ3v) is 11.0. The molecule has 0 bridgehead atoms. The van der Waals surface area contributed by atoms with E-state index in [2.05, 4.69) is 0 Å². The summed E-state index contributed by atoms with van der Waals surface area (Å²) in [4.78, 5) is 53.1. The highest BCUT2D eigenvalue weighted by Crippen LogP contribution is 2.42. The number of carboxylic acids is 2. The Bertz CT molecular complexity index is 2230. The molecular formula is C45H42Cl2N2O9. The molecule has 0 aromatic heterocycles. The van der Waals surface area contributed by atoms with E-state index in [9.17, 15) is 29.4 Å². The zero-order valence-corrected chi connectivity index (χ0v) is 33.3. The number of ether oxygens (including phenoxy) is 3. The fourth-order valence-corrected chi connectivity index (χ4v) is 7.95. The van der Waals surface area contributed by atoms with Crippen molar-refractivity contribution in [3.05, 3.63) is 159 Å². The fourth-order valence-electron chi connectivity index (χ4n) is 7.43. The van der Waals surface area contributed by atoms with Crippen LogP contribution >= 0.6 is 23.2 Å². The van der Waals surface area contributed by atoms with E-state index in [4.69, 9.17) is 37.4 Å². The van der Waals surface area contributed by atoms with Gasteiger partial charge in [-0.3, -0.25) is 9.59 Å². The number of carboxylic acid groups (broad SMARTS) is 2. The first-order valence-electron chi connectivity index (χ1n) is 18.6. The Morgan fingerprint density at radius 2 is 1.02 bits per heavy atom. The number of para-hydroxylation sites is 1. The average Bonchev–Trinajstić information content (AvgIpc) is 3.89. The Hall–Kier alpha value is -6.04. The monoisotopic (exact) mass is 824 g/mol. The highest BCUT2D eigenvalue weighted by atomic mass is 35.5. The third kappa shape index (κ3) is 9.39. The molecule has 2 unspecified atom stereocenters. The maximum atomic E-state index is 13.3. The van der Waals surface area contributed by atoms with Crippen LogP contribution in [-0.4, -0.2) is 70.1 Å². The van der Waals surface area contributed by atoms with E-state index in [0.29, 0.717) is 65.0 Å². The van der Waals surface area contributed by atoms with Crippen LogP contribution < -0.4 is 14.2 Å². The quantitative estimate of drug-likeness (QED) is 0.133. The fraction of sp³-hybridized carbons (Fsp3) is 0.244. The van der Waals surface area contributed by atoms with E-state index in [1.54, 1.807) is 48.5 Å². The normalized spacial score (nSPS) is 18.5. The summed E-state index contributed by atoms with van der Waals surface area (Å²) in [6.45, 7) is 0.377. The summed E-state index contributed by atoms with van der Waals surface area (Å²) in [6, 6.07) is 33.3. The molecule has 0 radical (unpaired) electrons. The Balaban J connectivity index is 0.000000198. The van der Waals surface area contributed by atoms with Crippen LogP contribution in [0.3, 0.4) is 0 Å². The molecule has 2 saturated heterocycles. The van der Waals surface area contributed by atoms with Crippen molar-refractivity contribution in [3.63, 3.8) is 0 Å². The number of carbonyl (C=O) groups is 4. The molecule has 2 fully saturated rings. The number of hydrogen-bond donors (Lipinski definition) is 2. The van der Waals surface area contributed by atoms with E-state index in [1.807, 2.05) is 72.8 Å². The topological polar surface area (TPSA) is 143 Å². The highest BCUT2D eigenvalue weighted by molar-refractivity contribution is 6.31. The van der Waals surface area contributed by atoms with Gasteiger partial charge in [0, 0.05) is 27.2 Å². The third-order valence-electron chi connectivity index (χ3n) is 10.3. The lowest BCUT2D eigenvalue weighted by Gasteiger charge is -2.29. The number of rotatable bonds is 11. The number of benzene rings is 5. The van der Waals surface area contributed by atoms with Crippen LogP contribution in [0.15, 0.2) is 121 Å². The first kappa shape index (κ1) is 41.6. The molecule has 4 atom stereocenters. The number of carbonyl (C=O) groups excluding carboxylic acids is 2. The lowest BCUT2D eigenvalue weighted by Crippen LogP contribution is -2.41. The van der Waals surface area contributed by atoms with Crippen LogP contribution in [0.25, 0.3) is 0 Å². The van der Waals surface area contributed by atoms with E-state index >= 15 is 0 Å². The molecule has 5 aromatic rings. The van der Waals surface area contributed by atoms with Gasteiger partial charge in [-0.25, -0.2) is 9.59 Å². The van der Waals surface area contributed by atoms with Crippen LogP contribution in [0.2, 0.25) is 10.0 Å². The van der Waals surface area contributed by atoms with Gasteiger partial charge in [0.2, 0.25) is 0 Å².